The van der Waals surface area contributed by atoms with Crippen LogP contribution in [0.2, 0.25) is 0 Å². The summed E-state index contributed by atoms with van der Waals surface area (Å²) in [6, 6.07) is 1.81. The number of rotatable bonds is 3. The van der Waals surface area contributed by atoms with Gasteiger partial charge in [0.25, 0.3) is 0 Å². The Morgan fingerprint density at radius 1 is 1.86 bits per heavy atom. The fraction of sp³-hybridized carbons (Fsp3) is 0.700. The Morgan fingerprint density at radius 2 is 2.50 bits per heavy atom. The predicted octanol–water partition coefficient (Wildman–Crippen LogP) is 1.04. The average molecular weight is 197 g/mol. The fourth-order valence-corrected chi connectivity index (χ4v) is 1.74. The number of aromatic nitrogens is 2. The second kappa shape index (κ2) is 3.05. The van der Waals surface area contributed by atoms with Crippen molar-refractivity contribution in [1.82, 2.24) is 9.78 Å². The van der Waals surface area contributed by atoms with Gasteiger partial charge in [-0.2, -0.15) is 5.10 Å². The molecule has 1 aromatic heterocycles. The first-order valence-corrected chi connectivity index (χ1v) is 4.90. The van der Waals surface area contributed by atoms with Crippen molar-refractivity contribution in [2.75, 3.05) is 0 Å². The maximum atomic E-state index is 13.0. The molecule has 2 N–H and O–H groups in total. The normalized spacial score (nSPS) is 33.0. The lowest BCUT2D eigenvalue weighted by Crippen LogP contribution is -2.33. The van der Waals surface area contributed by atoms with Crippen molar-refractivity contribution in [1.29, 1.82) is 0 Å². The van der Waals surface area contributed by atoms with Crippen molar-refractivity contribution in [3.8, 4) is 0 Å². The van der Waals surface area contributed by atoms with Crippen LogP contribution in [0.4, 0.5) is 4.39 Å². The SMILES string of the molecule is Cn1ccc(CC(N)C2(C)CC2F)n1. The van der Waals surface area contributed by atoms with Crippen molar-refractivity contribution in [3.63, 3.8) is 0 Å². The van der Waals surface area contributed by atoms with Gasteiger partial charge >= 0.3 is 0 Å². The third kappa shape index (κ3) is 1.54. The van der Waals surface area contributed by atoms with Crippen molar-refractivity contribution in [2.45, 2.75) is 32.0 Å². The highest BCUT2D eigenvalue weighted by Crippen LogP contribution is 2.50. The van der Waals surface area contributed by atoms with Crippen LogP contribution in [0, 0.1) is 5.41 Å². The molecule has 0 aromatic carbocycles. The molecule has 78 valence electrons. The van der Waals surface area contributed by atoms with E-state index in [4.69, 9.17) is 5.73 Å². The lowest BCUT2D eigenvalue weighted by Gasteiger charge is -2.17. The maximum Gasteiger partial charge on any atom is 0.108 e. The highest BCUT2D eigenvalue weighted by Gasteiger charge is 2.55. The van der Waals surface area contributed by atoms with Gasteiger partial charge in [-0.15, -0.1) is 0 Å². The summed E-state index contributed by atoms with van der Waals surface area (Å²) in [5.41, 5.74) is 6.59. The molecule has 1 fully saturated rings. The molecule has 0 amide bonds. The van der Waals surface area contributed by atoms with Crippen molar-refractivity contribution < 1.29 is 4.39 Å². The van der Waals surface area contributed by atoms with E-state index in [1.807, 2.05) is 26.2 Å². The molecule has 14 heavy (non-hydrogen) atoms. The number of aryl methyl sites for hydroxylation is 1. The first kappa shape index (κ1) is 9.65. The van der Waals surface area contributed by atoms with Crippen molar-refractivity contribution >= 4 is 0 Å². The first-order valence-electron chi connectivity index (χ1n) is 4.90. The van der Waals surface area contributed by atoms with Crippen LogP contribution in [0.3, 0.4) is 0 Å². The Balaban J connectivity index is 1.98. The summed E-state index contributed by atoms with van der Waals surface area (Å²) in [7, 11) is 1.87. The Morgan fingerprint density at radius 3 is 2.93 bits per heavy atom. The number of halogens is 1. The minimum atomic E-state index is -0.721. The molecular formula is C10H16FN3. The molecule has 3 nitrogen and oxygen atoms in total. The van der Waals surface area contributed by atoms with Gasteiger partial charge in [0.15, 0.2) is 0 Å². The molecule has 3 unspecified atom stereocenters. The van der Waals surface area contributed by atoms with E-state index in [-0.39, 0.29) is 11.5 Å². The van der Waals surface area contributed by atoms with E-state index in [1.54, 1.807) is 4.68 Å². The molecule has 1 aliphatic rings. The second-order valence-electron chi connectivity index (χ2n) is 4.47. The summed E-state index contributed by atoms with van der Waals surface area (Å²) in [4.78, 5) is 0. The third-order valence-corrected chi connectivity index (χ3v) is 3.22. The second-order valence-corrected chi connectivity index (χ2v) is 4.47. The molecule has 0 aliphatic heterocycles. The van der Waals surface area contributed by atoms with Crippen LogP contribution in [-0.2, 0) is 13.5 Å². The standard InChI is InChI=1S/C10H16FN3/c1-10(6-8(10)11)9(12)5-7-3-4-14(2)13-7/h3-4,8-9H,5-6,12H2,1-2H3. The Kier molecular flexibility index (Phi) is 2.10. The van der Waals surface area contributed by atoms with Gasteiger partial charge in [0.05, 0.1) is 5.69 Å². The zero-order valence-corrected chi connectivity index (χ0v) is 8.57. The number of nitrogens with two attached hydrogens (primary N) is 1. The lowest BCUT2D eigenvalue weighted by atomic mass is 9.95. The summed E-state index contributed by atoms with van der Waals surface area (Å²) in [6.45, 7) is 1.91. The van der Waals surface area contributed by atoms with Gasteiger partial charge in [0, 0.05) is 31.1 Å². The summed E-state index contributed by atoms with van der Waals surface area (Å²) < 4.78 is 14.8. The van der Waals surface area contributed by atoms with Crippen LogP contribution in [0.1, 0.15) is 19.0 Å². The van der Waals surface area contributed by atoms with Crippen LogP contribution >= 0.6 is 0 Å². The summed E-state index contributed by atoms with van der Waals surface area (Å²) in [6.07, 6.45) is 2.42. The molecule has 0 radical (unpaired) electrons. The molecule has 0 bridgehead atoms. The predicted molar refractivity (Wildman–Crippen MR) is 52.5 cm³/mol. The third-order valence-electron chi connectivity index (χ3n) is 3.22. The van der Waals surface area contributed by atoms with Gasteiger partial charge in [-0.05, 0) is 12.5 Å². The number of nitrogens with zero attached hydrogens (tertiary/aromatic N) is 2. The average Bonchev–Trinajstić information content (AvgIpc) is 2.56. The molecule has 1 aromatic rings. The van der Waals surface area contributed by atoms with Crippen LogP contribution in [0.5, 0.6) is 0 Å². The minimum Gasteiger partial charge on any atom is -0.327 e. The highest BCUT2D eigenvalue weighted by atomic mass is 19.1. The quantitative estimate of drug-likeness (QED) is 0.786. The molecule has 1 saturated carbocycles. The van der Waals surface area contributed by atoms with E-state index in [2.05, 4.69) is 5.10 Å². The van der Waals surface area contributed by atoms with Crippen molar-refractivity contribution in [2.24, 2.45) is 18.2 Å². The maximum absolute atomic E-state index is 13.0. The smallest absolute Gasteiger partial charge is 0.108 e. The highest BCUT2D eigenvalue weighted by molar-refractivity contribution is 5.11. The molecular weight excluding hydrogens is 181 g/mol. The summed E-state index contributed by atoms with van der Waals surface area (Å²) in [5, 5.41) is 4.23. The first-order chi connectivity index (χ1) is 6.52. The monoisotopic (exact) mass is 197 g/mol. The van der Waals surface area contributed by atoms with Gasteiger partial charge in [-0.1, -0.05) is 6.92 Å². The zero-order chi connectivity index (χ0) is 10.3. The molecule has 3 atom stereocenters. The van der Waals surface area contributed by atoms with Gasteiger partial charge in [-0.3, -0.25) is 4.68 Å². The van der Waals surface area contributed by atoms with Gasteiger partial charge in [-0.25, -0.2) is 4.39 Å². The molecule has 1 heterocycles. The Labute approximate surface area is 83.1 Å². The molecule has 2 rings (SSSR count). The number of hydrogen-bond acceptors (Lipinski definition) is 2. The van der Waals surface area contributed by atoms with E-state index in [1.165, 1.54) is 0 Å². The lowest BCUT2D eigenvalue weighted by molar-refractivity contribution is 0.325. The van der Waals surface area contributed by atoms with Crippen LogP contribution in [0.25, 0.3) is 0 Å². The largest absolute Gasteiger partial charge is 0.327 e. The van der Waals surface area contributed by atoms with E-state index >= 15 is 0 Å². The fourth-order valence-electron chi connectivity index (χ4n) is 1.74. The molecule has 4 heteroatoms. The van der Waals surface area contributed by atoms with E-state index in [0.717, 1.165) is 5.69 Å². The van der Waals surface area contributed by atoms with E-state index in [9.17, 15) is 4.39 Å². The summed E-state index contributed by atoms with van der Waals surface area (Å²) in [5.74, 6) is 0. The van der Waals surface area contributed by atoms with Gasteiger partial charge < -0.3 is 5.73 Å². The van der Waals surface area contributed by atoms with E-state index in [0.29, 0.717) is 12.8 Å². The molecule has 0 spiro atoms. The van der Waals surface area contributed by atoms with E-state index < -0.39 is 6.17 Å². The van der Waals surface area contributed by atoms with Crippen LogP contribution < -0.4 is 5.73 Å². The Bertz CT molecular complexity index is 336. The molecule has 0 saturated heterocycles. The molecule has 1 aliphatic carbocycles. The topological polar surface area (TPSA) is 43.8 Å². The Hall–Kier alpha value is -0.900. The summed E-state index contributed by atoms with van der Waals surface area (Å²) >= 11 is 0. The zero-order valence-electron chi connectivity index (χ0n) is 8.57. The van der Waals surface area contributed by atoms with Gasteiger partial charge in [0.2, 0.25) is 0 Å². The van der Waals surface area contributed by atoms with Crippen LogP contribution in [0.15, 0.2) is 12.3 Å². The number of alkyl halides is 1. The van der Waals surface area contributed by atoms with Gasteiger partial charge in [0.1, 0.15) is 6.17 Å². The van der Waals surface area contributed by atoms with Crippen molar-refractivity contribution in [3.05, 3.63) is 18.0 Å². The number of hydrogen-bond donors (Lipinski definition) is 1. The minimum absolute atomic E-state index is 0.118. The van der Waals surface area contributed by atoms with Crippen LogP contribution in [-0.4, -0.2) is 22.0 Å².